The zero-order chi connectivity index (χ0) is 15.7. The molecule has 1 heterocycles. The van der Waals surface area contributed by atoms with E-state index in [1.54, 1.807) is 13.8 Å². The van der Waals surface area contributed by atoms with Gasteiger partial charge in [0.25, 0.3) is 0 Å². The lowest BCUT2D eigenvalue weighted by atomic mass is 9.79. The van der Waals surface area contributed by atoms with Crippen molar-refractivity contribution >= 4 is 15.2 Å². The van der Waals surface area contributed by atoms with Gasteiger partial charge < -0.3 is 30.3 Å². The monoisotopic (exact) mass is 310 g/mol. The molecule has 8 heteroatoms. The fraction of sp³-hybridized carbons (Fsp3) is 0.917. The van der Waals surface area contributed by atoms with E-state index in [9.17, 15) is 25.2 Å². The minimum Gasteiger partial charge on any atom is -0.479 e. The minimum atomic E-state index is -1.66. The number of hydrogen-bond acceptors (Lipinski definition) is 6. The lowest BCUT2D eigenvalue weighted by Gasteiger charge is -2.47. The Morgan fingerprint density at radius 1 is 1.50 bits per heavy atom. The summed E-state index contributed by atoms with van der Waals surface area (Å²) in [5.41, 5.74) is -2.17. The predicted octanol–water partition coefficient (Wildman–Crippen LogP) is -1.43. The molecule has 0 saturated carbocycles. The summed E-state index contributed by atoms with van der Waals surface area (Å²) in [5.74, 6) is -1.80. The van der Waals surface area contributed by atoms with Gasteiger partial charge in [-0.05, 0) is 0 Å². The molecule has 7 nitrogen and oxygen atoms in total. The van der Waals surface area contributed by atoms with Gasteiger partial charge in [-0.15, -0.1) is 9.24 Å². The molecule has 1 aliphatic heterocycles. The van der Waals surface area contributed by atoms with Crippen molar-refractivity contribution in [2.45, 2.75) is 55.9 Å². The molecule has 1 aliphatic rings. The van der Waals surface area contributed by atoms with Crippen LogP contribution in [-0.4, -0.2) is 73.8 Å². The summed E-state index contributed by atoms with van der Waals surface area (Å²) in [6, 6.07) is 0. The molecule has 20 heavy (non-hydrogen) atoms. The molecule has 0 aromatic heterocycles. The topological polar surface area (TPSA) is 127 Å². The highest BCUT2D eigenvalue weighted by atomic mass is 31.0. The first-order valence-electron chi connectivity index (χ1n) is 6.49. The Kier molecular flexibility index (Phi) is 5.89. The Morgan fingerprint density at radius 2 is 2.05 bits per heavy atom. The van der Waals surface area contributed by atoms with Gasteiger partial charge in [0.15, 0.2) is 5.60 Å². The van der Waals surface area contributed by atoms with Crippen molar-refractivity contribution in [3.8, 4) is 0 Å². The first-order chi connectivity index (χ1) is 9.17. The van der Waals surface area contributed by atoms with Gasteiger partial charge in [0, 0.05) is 18.0 Å². The van der Waals surface area contributed by atoms with E-state index >= 15 is 0 Å². The molecule has 1 rings (SSSR count). The van der Waals surface area contributed by atoms with E-state index in [0.29, 0.717) is 0 Å². The van der Waals surface area contributed by atoms with Crippen LogP contribution in [0.4, 0.5) is 0 Å². The maximum absolute atomic E-state index is 11.5. The zero-order valence-electron chi connectivity index (χ0n) is 11.5. The molecule has 0 aliphatic carbocycles. The molecule has 3 unspecified atom stereocenters. The summed E-state index contributed by atoms with van der Waals surface area (Å²) in [4.78, 5) is 11.5. The van der Waals surface area contributed by atoms with Gasteiger partial charge in [-0.3, -0.25) is 0 Å². The van der Waals surface area contributed by atoms with Crippen LogP contribution in [0.2, 0.25) is 0 Å². The van der Waals surface area contributed by atoms with Crippen molar-refractivity contribution in [2.24, 2.45) is 5.92 Å². The van der Waals surface area contributed by atoms with Crippen LogP contribution < -0.4 is 0 Å². The van der Waals surface area contributed by atoms with Crippen LogP contribution in [-0.2, 0) is 9.53 Å². The molecule has 0 aromatic carbocycles. The van der Waals surface area contributed by atoms with Gasteiger partial charge in [-0.1, -0.05) is 13.8 Å². The molecular formula is C12H23O7P. The van der Waals surface area contributed by atoms with Crippen LogP contribution in [0.25, 0.3) is 0 Å². The van der Waals surface area contributed by atoms with Gasteiger partial charge in [0.2, 0.25) is 0 Å². The fourth-order valence-corrected chi connectivity index (χ4v) is 2.80. The second-order valence-electron chi connectivity index (χ2n) is 5.44. The van der Waals surface area contributed by atoms with Crippen molar-refractivity contribution in [1.29, 1.82) is 0 Å². The lowest BCUT2D eigenvalue weighted by Crippen LogP contribution is -2.62. The smallest absolute Gasteiger partial charge is 0.336 e. The first-order valence-corrected chi connectivity index (χ1v) is 7.16. The van der Waals surface area contributed by atoms with Crippen LogP contribution in [0.1, 0.15) is 20.3 Å². The number of aliphatic hydroxyl groups is 4. The van der Waals surface area contributed by atoms with Gasteiger partial charge in [0.05, 0.1) is 18.8 Å². The summed E-state index contributed by atoms with van der Waals surface area (Å²) >= 11 is 0. The number of hydrogen-bond donors (Lipinski definition) is 5. The predicted molar refractivity (Wildman–Crippen MR) is 73.3 cm³/mol. The second-order valence-corrected chi connectivity index (χ2v) is 6.44. The third-order valence-electron chi connectivity index (χ3n) is 4.00. The quantitative estimate of drug-likeness (QED) is 0.394. The molecule has 0 spiro atoms. The SMILES string of the molecule is CC(P)[C@]1(C(=O)O)C[C@@H](O)[C@@H](C)C([C@H](O)[C@H](O)CO)O1. The highest BCUT2D eigenvalue weighted by Gasteiger charge is 2.54. The molecule has 118 valence electrons. The van der Waals surface area contributed by atoms with Crippen molar-refractivity contribution in [3.05, 3.63) is 0 Å². The first kappa shape index (κ1) is 17.8. The molecule has 0 bridgehead atoms. The van der Waals surface area contributed by atoms with E-state index in [-0.39, 0.29) is 6.42 Å². The van der Waals surface area contributed by atoms with E-state index in [4.69, 9.17) is 9.84 Å². The van der Waals surface area contributed by atoms with E-state index in [2.05, 4.69) is 9.24 Å². The number of carbonyl (C=O) groups is 1. The minimum absolute atomic E-state index is 0.105. The van der Waals surface area contributed by atoms with Crippen LogP contribution in [0, 0.1) is 5.92 Å². The van der Waals surface area contributed by atoms with Gasteiger partial charge in [-0.25, -0.2) is 4.79 Å². The Bertz CT molecular complexity index is 351. The summed E-state index contributed by atoms with van der Waals surface area (Å²) in [6.45, 7) is 2.54. The number of rotatable bonds is 5. The summed E-state index contributed by atoms with van der Waals surface area (Å²) in [6.07, 6.45) is -5.12. The maximum Gasteiger partial charge on any atom is 0.336 e. The molecule has 8 atom stereocenters. The van der Waals surface area contributed by atoms with Crippen molar-refractivity contribution in [2.75, 3.05) is 6.61 Å². The van der Waals surface area contributed by atoms with E-state index in [1.807, 2.05) is 0 Å². The lowest BCUT2D eigenvalue weighted by molar-refractivity contribution is -0.236. The number of aliphatic carboxylic acids is 1. The molecule has 0 radical (unpaired) electrons. The Hall–Kier alpha value is -0.300. The molecule has 5 N–H and O–H groups in total. The third kappa shape index (κ3) is 3.13. The van der Waals surface area contributed by atoms with Gasteiger partial charge >= 0.3 is 5.97 Å². The van der Waals surface area contributed by atoms with E-state index in [0.717, 1.165) is 0 Å². The highest BCUT2D eigenvalue weighted by Crippen LogP contribution is 2.39. The second kappa shape index (κ2) is 6.64. The number of aliphatic hydroxyl groups excluding tert-OH is 4. The maximum atomic E-state index is 11.5. The number of carboxylic acids is 1. The average Bonchev–Trinajstić information content (AvgIpc) is 2.39. The Morgan fingerprint density at radius 3 is 2.45 bits per heavy atom. The Labute approximate surface area is 119 Å². The van der Waals surface area contributed by atoms with Gasteiger partial charge in [-0.2, -0.15) is 0 Å². The summed E-state index contributed by atoms with van der Waals surface area (Å²) < 4.78 is 5.56. The zero-order valence-corrected chi connectivity index (χ0v) is 12.7. The molecule has 1 fully saturated rings. The summed E-state index contributed by atoms with van der Waals surface area (Å²) in [5, 5.41) is 47.9. The third-order valence-corrected chi connectivity index (χ3v) is 4.54. The molecular weight excluding hydrogens is 287 g/mol. The van der Waals surface area contributed by atoms with Crippen LogP contribution in [0.3, 0.4) is 0 Å². The van der Waals surface area contributed by atoms with E-state index < -0.39 is 54.2 Å². The normalized spacial score (nSPS) is 39.0. The van der Waals surface area contributed by atoms with Crippen molar-refractivity contribution < 1.29 is 35.1 Å². The molecule has 1 saturated heterocycles. The summed E-state index contributed by atoms with van der Waals surface area (Å²) in [7, 11) is 2.32. The van der Waals surface area contributed by atoms with E-state index in [1.165, 1.54) is 0 Å². The molecule has 0 aromatic rings. The van der Waals surface area contributed by atoms with Crippen LogP contribution >= 0.6 is 9.24 Å². The number of carboxylic acid groups (broad SMARTS) is 1. The Balaban J connectivity index is 3.09. The highest BCUT2D eigenvalue weighted by molar-refractivity contribution is 7.17. The largest absolute Gasteiger partial charge is 0.479 e. The van der Waals surface area contributed by atoms with Gasteiger partial charge in [0.1, 0.15) is 12.2 Å². The van der Waals surface area contributed by atoms with Crippen molar-refractivity contribution in [3.63, 3.8) is 0 Å². The average molecular weight is 310 g/mol. The number of ether oxygens (including phenoxy) is 1. The molecule has 0 amide bonds. The fourth-order valence-electron chi connectivity index (χ4n) is 2.45. The van der Waals surface area contributed by atoms with Crippen LogP contribution in [0.15, 0.2) is 0 Å². The van der Waals surface area contributed by atoms with Crippen LogP contribution in [0.5, 0.6) is 0 Å². The standard InChI is InChI=1S/C12H23O7P/c1-5-7(14)3-12(6(2)20,11(17)18)19-10(5)9(16)8(15)4-13/h5-10,13-16H,3-4,20H2,1-2H3,(H,17,18)/t5-,6?,7-,8-,9-,10?,12+/m1/s1. The van der Waals surface area contributed by atoms with Crippen molar-refractivity contribution in [1.82, 2.24) is 0 Å².